The Bertz CT molecular complexity index is 573. The van der Waals surface area contributed by atoms with Crippen LogP contribution in [-0.4, -0.2) is 22.1 Å². The highest BCUT2D eigenvalue weighted by molar-refractivity contribution is 6.69. The van der Waals surface area contributed by atoms with Gasteiger partial charge < -0.3 is 5.53 Å². The van der Waals surface area contributed by atoms with E-state index in [1.165, 1.54) is 6.08 Å². The summed E-state index contributed by atoms with van der Waals surface area (Å²) in [5.74, 6) is -1.07. The average Bonchev–Trinajstić information content (AvgIpc) is 2.93. The molecule has 0 saturated heterocycles. The van der Waals surface area contributed by atoms with E-state index in [0.717, 1.165) is 31.3 Å². The van der Waals surface area contributed by atoms with Gasteiger partial charge >= 0.3 is 5.71 Å². The van der Waals surface area contributed by atoms with Crippen molar-refractivity contribution in [2.75, 3.05) is 0 Å². The van der Waals surface area contributed by atoms with Crippen molar-refractivity contribution in [2.24, 2.45) is 0 Å². The van der Waals surface area contributed by atoms with Crippen molar-refractivity contribution in [1.29, 1.82) is 0 Å². The third kappa shape index (κ3) is 3.12. The van der Waals surface area contributed by atoms with Crippen LogP contribution >= 0.6 is 0 Å². The molecule has 1 saturated carbocycles. The van der Waals surface area contributed by atoms with Crippen molar-refractivity contribution >= 4 is 17.3 Å². The molecule has 0 N–H and O–H groups in total. The Kier molecular flexibility index (Phi) is 4.16. The topological polar surface area (TPSA) is 70.5 Å². The zero-order valence-electron chi connectivity index (χ0n) is 10.5. The first-order valence-corrected chi connectivity index (χ1v) is 6.28. The van der Waals surface area contributed by atoms with Crippen molar-refractivity contribution < 1.29 is 14.4 Å². The molecule has 2 rings (SSSR count). The molecule has 0 spiro atoms. The summed E-state index contributed by atoms with van der Waals surface area (Å²) in [6, 6.07) is 8.34. The van der Waals surface area contributed by atoms with Gasteiger partial charge in [0.05, 0.1) is 0 Å². The molecule has 1 aliphatic carbocycles. The molecule has 0 atom stereocenters. The molecule has 0 bridgehead atoms. The van der Waals surface area contributed by atoms with Gasteiger partial charge in [0, 0.05) is 5.56 Å². The lowest BCUT2D eigenvalue weighted by Gasteiger charge is -1.95. The summed E-state index contributed by atoms with van der Waals surface area (Å²) in [4.78, 5) is 26.9. The van der Waals surface area contributed by atoms with E-state index in [2.05, 4.69) is 4.79 Å². The van der Waals surface area contributed by atoms with Gasteiger partial charge in [0.1, 0.15) is 0 Å². The lowest BCUT2D eigenvalue weighted by molar-refractivity contribution is -0.112. The van der Waals surface area contributed by atoms with Gasteiger partial charge in [-0.3, -0.25) is 9.59 Å². The number of nitrogens with zero attached hydrogens (tertiary/aromatic N) is 2. The normalized spacial score (nSPS) is 13.8. The van der Waals surface area contributed by atoms with Crippen LogP contribution in [0.3, 0.4) is 0 Å². The van der Waals surface area contributed by atoms with E-state index in [9.17, 15) is 9.59 Å². The largest absolute Gasteiger partial charge is 0.409 e. The molecule has 1 aliphatic rings. The Morgan fingerprint density at radius 2 is 1.74 bits per heavy atom. The number of allylic oxidation sites excluding steroid dienone is 2. The monoisotopic (exact) mass is 254 g/mol. The first-order chi connectivity index (χ1) is 9.22. The highest BCUT2D eigenvalue weighted by Gasteiger charge is 2.29. The predicted octanol–water partition coefficient (Wildman–Crippen LogP) is 2.61. The van der Waals surface area contributed by atoms with Crippen molar-refractivity contribution in [3.63, 3.8) is 0 Å². The van der Waals surface area contributed by atoms with Crippen LogP contribution in [0.25, 0.3) is 5.53 Å². The van der Waals surface area contributed by atoms with Gasteiger partial charge in [0.25, 0.3) is 11.6 Å². The molecular formula is C15H14N2O2. The molecule has 0 heterocycles. The first-order valence-electron chi connectivity index (χ1n) is 6.28. The number of hydrogen-bond acceptors (Lipinski definition) is 2. The Labute approximate surface area is 111 Å². The number of hydrogen-bond donors (Lipinski definition) is 0. The van der Waals surface area contributed by atoms with Gasteiger partial charge in [-0.15, -0.1) is 0 Å². The number of ketones is 2. The van der Waals surface area contributed by atoms with Crippen molar-refractivity contribution in [2.45, 2.75) is 25.7 Å². The van der Waals surface area contributed by atoms with Gasteiger partial charge in [-0.25, -0.2) is 0 Å². The third-order valence-corrected chi connectivity index (χ3v) is 3.17. The van der Waals surface area contributed by atoms with Crippen LogP contribution in [0.5, 0.6) is 0 Å². The van der Waals surface area contributed by atoms with Crippen molar-refractivity contribution in [1.82, 2.24) is 0 Å². The van der Waals surface area contributed by atoms with Gasteiger partial charge in [-0.1, -0.05) is 35.9 Å². The molecular weight excluding hydrogens is 240 g/mol. The third-order valence-electron chi connectivity index (χ3n) is 3.17. The van der Waals surface area contributed by atoms with E-state index in [1.54, 1.807) is 30.3 Å². The number of benzene rings is 1. The van der Waals surface area contributed by atoms with Gasteiger partial charge in [0.2, 0.25) is 0 Å². The summed E-state index contributed by atoms with van der Waals surface area (Å²) in [6.45, 7) is 0. The zero-order chi connectivity index (χ0) is 13.7. The van der Waals surface area contributed by atoms with Gasteiger partial charge in [0.15, 0.2) is 0 Å². The summed E-state index contributed by atoms with van der Waals surface area (Å²) >= 11 is 0. The highest BCUT2D eigenvalue weighted by atomic mass is 16.1. The summed E-state index contributed by atoms with van der Waals surface area (Å²) in [5.41, 5.74) is 9.86. The van der Waals surface area contributed by atoms with Gasteiger partial charge in [-0.05, 0) is 31.8 Å². The summed E-state index contributed by atoms with van der Waals surface area (Å²) in [6.07, 6.45) is 5.32. The molecule has 96 valence electrons. The van der Waals surface area contributed by atoms with Crippen LogP contribution in [0.15, 0.2) is 42.0 Å². The summed E-state index contributed by atoms with van der Waals surface area (Å²) in [7, 11) is 0. The van der Waals surface area contributed by atoms with E-state index in [-0.39, 0.29) is 0 Å². The minimum absolute atomic E-state index is 0.341. The molecule has 0 aliphatic heterocycles. The van der Waals surface area contributed by atoms with Crippen LogP contribution in [0.4, 0.5) is 0 Å². The van der Waals surface area contributed by atoms with E-state index < -0.39 is 17.3 Å². The Hall–Kier alpha value is -2.32. The fourth-order valence-electron chi connectivity index (χ4n) is 2.16. The minimum Gasteiger partial charge on any atom is -0.360 e. The second-order valence-electron chi connectivity index (χ2n) is 4.52. The second-order valence-corrected chi connectivity index (χ2v) is 4.52. The number of carbonyl (C=O) groups is 2. The van der Waals surface area contributed by atoms with Gasteiger partial charge in [-0.2, -0.15) is 4.79 Å². The summed E-state index contributed by atoms with van der Waals surface area (Å²) in [5, 5.41) is 0. The molecule has 0 unspecified atom stereocenters. The number of rotatable bonds is 4. The van der Waals surface area contributed by atoms with Crippen LogP contribution in [0.1, 0.15) is 36.0 Å². The Morgan fingerprint density at radius 1 is 1.11 bits per heavy atom. The van der Waals surface area contributed by atoms with Crippen LogP contribution < -0.4 is 0 Å². The minimum atomic E-state index is -0.553. The maximum Gasteiger partial charge on any atom is 0.409 e. The summed E-state index contributed by atoms with van der Waals surface area (Å²) < 4.78 is 0. The average molecular weight is 254 g/mol. The maximum atomic E-state index is 12.1. The molecule has 0 amide bonds. The first kappa shape index (κ1) is 13.1. The van der Waals surface area contributed by atoms with E-state index in [0.29, 0.717) is 5.56 Å². The number of carbonyl (C=O) groups excluding carboxylic acids is 2. The van der Waals surface area contributed by atoms with E-state index in [4.69, 9.17) is 5.53 Å². The van der Waals surface area contributed by atoms with Crippen LogP contribution in [-0.2, 0) is 4.79 Å². The van der Waals surface area contributed by atoms with E-state index >= 15 is 0 Å². The predicted molar refractivity (Wildman–Crippen MR) is 71.0 cm³/mol. The molecule has 0 radical (unpaired) electrons. The quantitative estimate of drug-likeness (QED) is 0.207. The molecule has 4 heteroatoms. The molecule has 4 nitrogen and oxygen atoms in total. The SMILES string of the molecule is [N-]=[N+]=C(C(=O)C=C1CCCC1)C(=O)c1ccccc1. The fourth-order valence-corrected chi connectivity index (χ4v) is 2.16. The highest BCUT2D eigenvalue weighted by Crippen LogP contribution is 2.23. The van der Waals surface area contributed by atoms with Crippen molar-refractivity contribution in [3.05, 3.63) is 53.1 Å². The zero-order valence-corrected chi connectivity index (χ0v) is 10.5. The molecule has 1 aromatic carbocycles. The fraction of sp³-hybridized carbons (Fsp3) is 0.267. The van der Waals surface area contributed by atoms with E-state index in [1.807, 2.05) is 0 Å². The van der Waals surface area contributed by atoms with Crippen molar-refractivity contribution in [3.8, 4) is 0 Å². The molecule has 19 heavy (non-hydrogen) atoms. The molecule has 1 aromatic rings. The van der Waals surface area contributed by atoms with Crippen LogP contribution in [0.2, 0.25) is 0 Å². The molecule has 0 aromatic heterocycles. The van der Waals surface area contributed by atoms with Crippen LogP contribution in [0, 0.1) is 0 Å². The standard InChI is InChI=1S/C15H14N2O2/c16-17-14(13(18)10-11-6-4-5-7-11)15(19)12-8-2-1-3-9-12/h1-3,8-10H,4-7H2. The second kappa shape index (κ2) is 6.03. The molecule has 1 fully saturated rings. The maximum absolute atomic E-state index is 12.1. The Morgan fingerprint density at radius 3 is 2.32 bits per heavy atom. The Balaban J connectivity index is 2.21. The number of Topliss-reactive ketones (excluding diaryl/α,β-unsaturated/α-hetero) is 1. The lowest BCUT2D eigenvalue weighted by atomic mass is 10.0. The lowest BCUT2D eigenvalue weighted by Crippen LogP contribution is -2.24. The smallest absolute Gasteiger partial charge is 0.360 e.